The summed E-state index contributed by atoms with van der Waals surface area (Å²) in [6, 6.07) is 4.23. The highest BCUT2D eigenvalue weighted by atomic mass is 16.5. The Morgan fingerprint density at radius 1 is 1.24 bits per heavy atom. The third-order valence-corrected chi connectivity index (χ3v) is 3.91. The van der Waals surface area contributed by atoms with Crippen LogP contribution in [0.15, 0.2) is 18.2 Å². The first kappa shape index (κ1) is 15.2. The van der Waals surface area contributed by atoms with Gasteiger partial charge in [0.1, 0.15) is 5.54 Å². The summed E-state index contributed by atoms with van der Waals surface area (Å²) >= 11 is 0. The first-order valence-corrected chi connectivity index (χ1v) is 6.91. The lowest BCUT2D eigenvalue weighted by molar-refractivity contribution is -0.145. The number of amides is 1. The topological polar surface area (TPSA) is 95.9 Å². The van der Waals surface area contributed by atoms with Gasteiger partial charge in [-0.25, -0.2) is 4.79 Å². The van der Waals surface area contributed by atoms with E-state index < -0.39 is 17.4 Å². The number of rotatable bonds is 4. The van der Waals surface area contributed by atoms with Crippen LogP contribution >= 0.6 is 0 Å². The summed E-state index contributed by atoms with van der Waals surface area (Å²) in [5.41, 5.74) is -0.996. The molecule has 1 aromatic rings. The summed E-state index contributed by atoms with van der Waals surface area (Å²) < 4.78 is 4.91. The van der Waals surface area contributed by atoms with Gasteiger partial charge in [-0.05, 0) is 31.0 Å². The lowest BCUT2D eigenvalue weighted by Gasteiger charge is -2.34. The van der Waals surface area contributed by atoms with Crippen molar-refractivity contribution in [1.82, 2.24) is 5.32 Å². The Balaban J connectivity index is 2.19. The molecule has 0 spiro atoms. The van der Waals surface area contributed by atoms with Crippen LogP contribution in [0.2, 0.25) is 0 Å². The number of nitrogens with one attached hydrogen (secondary N) is 1. The van der Waals surface area contributed by atoms with Gasteiger partial charge in [-0.3, -0.25) is 4.79 Å². The summed E-state index contributed by atoms with van der Waals surface area (Å²) in [6.07, 6.45) is 3.39. The molecule has 1 fully saturated rings. The van der Waals surface area contributed by atoms with Crippen LogP contribution in [-0.4, -0.2) is 34.7 Å². The van der Waals surface area contributed by atoms with E-state index >= 15 is 0 Å². The maximum atomic E-state index is 12.2. The molecule has 0 bridgehead atoms. The molecule has 21 heavy (non-hydrogen) atoms. The van der Waals surface area contributed by atoms with Crippen LogP contribution in [0.3, 0.4) is 0 Å². The number of aromatic hydroxyl groups is 1. The highest BCUT2D eigenvalue weighted by molar-refractivity contribution is 5.98. The third-order valence-electron chi connectivity index (χ3n) is 3.91. The molecular formula is C15H19NO5. The number of carbonyl (C=O) groups is 2. The molecule has 6 nitrogen and oxygen atoms in total. The second kappa shape index (κ2) is 6.03. The lowest BCUT2D eigenvalue weighted by Crippen LogP contribution is -2.55. The molecule has 1 aliphatic carbocycles. The van der Waals surface area contributed by atoms with Gasteiger partial charge < -0.3 is 20.3 Å². The minimum atomic E-state index is -1.20. The minimum absolute atomic E-state index is 0.154. The molecule has 3 N–H and O–H groups in total. The van der Waals surface area contributed by atoms with Crippen LogP contribution in [0.4, 0.5) is 0 Å². The molecule has 1 amide bonds. The van der Waals surface area contributed by atoms with E-state index in [2.05, 4.69) is 5.32 Å². The summed E-state index contributed by atoms with van der Waals surface area (Å²) in [6.45, 7) is 0. The Labute approximate surface area is 122 Å². The number of methoxy groups -OCH3 is 1. The molecule has 0 heterocycles. The summed E-state index contributed by atoms with van der Waals surface area (Å²) in [7, 11) is 1.41. The van der Waals surface area contributed by atoms with E-state index in [0.717, 1.165) is 19.3 Å². The molecule has 6 heteroatoms. The standard InChI is InChI=1S/C15H19NO5/c1-21-12-6-5-10(9-11(12)17)13(18)16-15(14(19)20)7-3-2-4-8-15/h5-6,9,17H,2-4,7-8H2,1H3,(H,16,18)(H,19,20). The highest BCUT2D eigenvalue weighted by Crippen LogP contribution is 2.30. The molecule has 0 unspecified atom stereocenters. The number of hydrogen-bond donors (Lipinski definition) is 3. The number of aliphatic carboxylic acids is 1. The van der Waals surface area contributed by atoms with E-state index in [4.69, 9.17) is 4.74 Å². The first-order valence-electron chi connectivity index (χ1n) is 6.91. The van der Waals surface area contributed by atoms with Gasteiger partial charge in [0, 0.05) is 5.56 Å². The van der Waals surface area contributed by atoms with Crippen LogP contribution in [-0.2, 0) is 4.79 Å². The average molecular weight is 293 g/mol. The van der Waals surface area contributed by atoms with E-state index in [0.29, 0.717) is 12.8 Å². The largest absolute Gasteiger partial charge is 0.504 e. The maximum Gasteiger partial charge on any atom is 0.329 e. The van der Waals surface area contributed by atoms with Gasteiger partial charge in [0.15, 0.2) is 11.5 Å². The number of ether oxygens (including phenoxy) is 1. The monoisotopic (exact) mass is 293 g/mol. The van der Waals surface area contributed by atoms with E-state index in [-0.39, 0.29) is 17.1 Å². The average Bonchev–Trinajstić information content (AvgIpc) is 2.47. The molecule has 0 saturated heterocycles. The van der Waals surface area contributed by atoms with Crippen LogP contribution in [0, 0.1) is 0 Å². The Morgan fingerprint density at radius 3 is 2.43 bits per heavy atom. The van der Waals surface area contributed by atoms with Gasteiger partial charge in [0.05, 0.1) is 7.11 Å². The molecule has 0 radical (unpaired) electrons. The molecule has 1 aliphatic rings. The number of carbonyl (C=O) groups excluding carboxylic acids is 1. The van der Waals surface area contributed by atoms with Crippen molar-refractivity contribution in [1.29, 1.82) is 0 Å². The molecule has 1 saturated carbocycles. The molecule has 0 aliphatic heterocycles. The number of carboxylic acid groups (broad SMARTS) is 1. The number of hydrogen-bond acceptors (Lipinski definition) is 4. The van der Waals surface area contributed by atoms with E-state index in [9.17, 15) is 19.8 Å². The fourth-order valence-electron chi connectivity index (χ4n) is 2.67. The molecule has 0 atom stereocenters. The summed E-state index contributed by atoms with van der Waals surface area (Å²) in [5, 5.41) is 21.8. The van der Waals surface area contributed by atoms with Crippen molar-refractivity contribution in [3.63, 3.8) is 0 Å². The first-order chi connectivity index (χ1) is 9.98. The Hall–Kier alpha value is -2.24. The predicted octanol–water partition coefficient (Wildman–Crippen LogP) is 1.92. The molecule has 0 aromatic heterocycles. The molecule has 1 aromatic carbocycles. The van der Waals surface area contributed by atoms with E-state index in [1.165, 1.54) is 25.3 Å². The molecule has 2 rings (SSSR count). The SMILES string of the molecule is COc1ccc(C(=O)NC2(C(=O)O)CCCCC2)cc1O. The number of carboxylic acids is 1. The second-order valence-corrected chi connectivity index (χ2v) is 5.29. The van der Waals surface area contributed by atoms with Crippen molar-refractivity contribution >= 4 is 11.9 Å². The van der Waals surface area contributed by atoms with E-state index in [1.54, 1.807) is 0 Å². The normalized spacial score (nSPS) is 17.0. The Morgan fingerprint density at radius 2 is 1.90 bits per heavy atom. The zero-order valence-corrected chi connectivity index (χ0v) is 11.9. The third kappa shape index (κ3) is 3.09. The van der Waals surface area contributed by atoms with Crippen molar-refractivity contribution in [3.05, 3.63) is 23.8 Å². The lowest BCUT2D eigenvalue weighted by atomic mass is 9.81. The van der Waals surface area contributed by atoms with Crippen LogP contribution in [0.5, 0.6) is 11.5 Å². The number of phenolic OH excluding ortho intramolecular Hbond substituents is 1. The fourth-order valence-corrected chi connectivity index (χ4v) is 2.67. The summed E-state index contributed by atoms with van der Waals surface area (Å²) in [4.78, 5) is 23.8. The zero-order valence-electron chi connectivity index (χ0n) is 11.9. The fraction of sp³-hybridized carbons (Fsp3) is 0.467. The van der Waals surface area contributed by atoms with Gasteiger partial charge in [-0.2, -0.15) is 0 Å². The Bertz CT molecular complexity index is 549. The van der Waals surface area contributed by atoms with E-state index in [1.807, 2.05) is 0 Å². The van der Waals surface area contributed by atoms with Crippen molar-refractivity contribution in [2.45, 2.75) is 37.6 Å². The number of benzene rings is 1. The maximum absolute atomic E-state index is 12.2. The van der Waals surface area contributed by atoms with Crippen molar-refractivity contribution < 1.29 is 24.5 Å². The van der Waals surface area contributed by atoms with Crippen molar-refractivity contribution in [3.8, 4) is 11.5 Å². The van der Waals surface area contributed by atoms with Crippen LogP contribution in [0.1, 0.15) is 42.5 Å². The summed E-state index contributed by atoms with van der Waals surface area (Å²) in [5.74, 6) is -1.40. The zero-order chi connectivity index (χ0) is 15.5. The van der Waals surface area contributed by atoms with Crippen molar-refractivity contribution in [2.75, 3.05) is 7.11 Å². The minimum Gasteiger partial charge on any atom is -0.504 e. The van der Waals surface area contributed by atoms with Gasteiger partial charge in [0.25, 0.3) is 5.91 Å². The molecule has 114 valence electrons. The van der Waals surface area contributed by atoms with Crippen molar-refractivity contribution in [2.24, 2.45) is 0 Å². The van der Waals surface area contributed by atoms with Gasteiger partial charge in [-0.1, -0.05) is 19.3 Å². The highest BCUT2D eigenvalue weighted by Gasteiger charge is 2.41. The van der Waals surface area contributed by atoms with Gasteiger partial charge in [-0.15, -0.1) is 0 Å². The van der Waals surface area contributed by atoms with Gasteiger partial charge >= 0.3 is 5.97 Å². The van der Waals surface area contributed by atoms with Crippen LogP contribution in [0.25, 0.3) is 0 Å². The predicted molar refractivity (Wildman–Crippen MR) is 75.6 cm³/mol. The smallest absolute Gasteiger partial charge is 0.329 e. The Kier molecular flexibility index (Phi) is 4.35. The quantitative estimate of drug-likeness (QED) is 0.788. The number of phenols is 1. The van der Waals surface area contributed by atoms with Crippen LogP contribution < -0.4 is 10.1 Å². The molecular weight excluding hydrogens is 274 g/mol. The second-order valence-electron chi connectivity index (χ2n) is 5.29. The van der Waals surface area contributed by atoms with Gasteiger partial charge in [0.2, 0.25) is 0 Å².